The van der Waals surface area contributed by atoms with E-state index in [4.69, 9.17) is 5.73 Å². The molecular formula is C17H27N5. The third kappa shape index (κ3) is 2.61. The molecule has 5 heteroatoms. The molecule has 3 aliphatic rings. The van der Waals surface area contributed by atoms with E-state index < -0.39 is 0 Å². The van der Waals surface area contributed by atoms with E-state index in [2.05, 4.69) is 26.3 Å². The first-order chi connectivity index (χ1) is 10.8. The first kappa shape index (κ1) is 14.4. The van der Waals surface area contributed by atoms with Gasteiger partial charge in [-0.1, -0.05) is 0 Å². The van der Waals surface area contributed by atoms with Gasteiger partial charge in [-0.05, 0) is 58.0 Å². The van der Waals surface area contributed by atoms with Gasteiger partial charge < -0.3 is 11.1 Å². The van der Waals surface area contributed by atoms with Crippen molar-refractivity contribution in [1.82, 2.24) is 14.9 Å². The fourth-order valence-electron chi connectivity index (χ4n) is 4.65. The van der Waals surface area contributed by atoms with E-state index in [9.17, 15) is 0 Å². The van der Waals surface area contributed by atoms with Crippen LogP contribution in [0.5, 0.6) is 0 Å². The van der Waals surface area contributed by atoms with Crippen molar-refractivity contribution >= 4 is 5.82 Å². The molecule has 0 bridgehead atoms. The second-order valence-corrected chi connectivity index (χ2v) is 7.35. The van der Waals surface area contributed by atoms with Crippen LogP contribution < -0.4 is 11.1 Å². The zero-order chi connectivity index (χ0) is 15.0. The minimum absolute atomic E-state index is 0.367. The molecule has 0 unspecified atom stereocenters. The van der Waals surface area contributed by atoms with E-state index in [1.165, 1.54) is 45.2 Å². The highest BCUT2D eigenvalue weighted by Gasteiger charge is 2.43. The lowest BCUT2D eigenvalue weighted by molar-refractivity contribution is 0.187. The number of nitrogens with two attached hydrogens (primary N) is 1. The molecule has 4 rings (SSSR count). The Balaban J connectivity index is 1.33. The SMILES string of the molecule is NC1CC(c2cc(NCCC34CCCN3CCC4)ncn2)C1. The minimum atomic E-state index is 0.367. The lowest BCUT2D eigenvalue weighted by Crippen LogP contribution is -2.39. The number of rotatable bonds is 5. The topological polar surface area (TPSA) is 67.1 Å². The molecule has 1 aromatic rings. The molecule has 1 aromatic heterocycles. The lowest BCUT2D eigenvalue weighted by Gasteiger charge is -2.32. The maximum Gasteiger partial charge on any atom is 0.129 e. The van der Waals surface area contributed by atoms with Crippen LogP contribution in [0.4, 0.5) is 5.82 Å². The van der Waals surface area contributed by atoms with Crippen LogP contribution in [0.2, 0.25) is 0 Å². The zero-order valence-corrected chi connectivity index (χ0v) is 13.3. The summed E-state index contributed by atoms with van der Waals surface area (Å²) in [5, 5.41) is 3.52. The highest BCUT2D eigenvalue weighted by molar-refractivity contribution is 5.36. The largest absolute Gasteiger partial charge is 0.370 e. The first-order valence-electron chi connectivity index (χ1n) is 8.82. The van der Waals surface area contributed by atoms with E-state index in [0.29, 0.717) is 17.5 Å². The molecule has 5 nitrogen and oxygen atoms in total. The molecule has 1 saturated carbocycles. The molecule has 120 valence electrons. The van der Waals surface area contributed by atoms with E-state index >= 15 is 0 Å². The highest BCUT2D eigenvalue weighted by atomic mass is 15.2. The highest BCUT2D eigenvalue weighted by Crippen LogP contribution is 2.41. The number of aromatic nitrogens is 2. The molecule has 3 fully saturated rings. The van der Waals surface area contributed by atoms with Crippen molar-refractivity contribution in [2.45, 2.75) is 62.4 Å². The Morgan fingerprint density at radius 1 is 1.23 bits per heavy atom. The summed E-state index contributed by atoms with van der Waals surface area (Å²) < 4.78 is 0. The van der Waals surface area contributed by atoms with Crippen LogP contribution in [0.25, 0.3) is 0 Å². The van der Waals surface area contributed by atoms with Crippen LogP contribution in [0.1, 0.15) is 56.6 Å². The summed E-state index contributed by atoms with van der Waals surface area (Å²) in [6.07, 6.45) is 10.6. The van der Waals surface area contributed by atoms with Crippen molar-refractivity contribution in [3.05, 3.63) is 18.1 Å². The number of nitrogens with one attached hydrogen (secondary N) is 1. The Labute approximate surface area is 132 Å². The second-order valence-electron chi connectivity index (χ2n) is 7.35. The van der Waals surface area contributed by atoms with Gasteiger partial charge in [-0.25, -0.2) is 9.97 Å². The fraction of sp³-hybridized carbons (Fsp3) is 0.765. The van der Waals surface area contributed by atoms with E-state index in [1.54, 1.807) is 6.33 Å². The normalized spacial score (nSPS) is 30.0. The summed E-state index contributed by atoms with van der Waals surface area (Å²) in [5.74, 6) is 1.52. The number of nitrogens with zero attached hydrogens (tertiary/aromatic N) is 3. The van der Waals surface area contributed by atoms with Gasteiger partial charge >= 0.3 is 0 Å². The van der Waals surface area contributed by atoms with Gasteiger partial charge in [-0.2, -0.15) is 0 Å². The van der Waals surface area contributed by atoms with Gasteiger partial charge in [0, 0.05) is 35.8 Å². The standard InChI is InChI=1S/C17H27N5/c18-14-9-13(10-14)15-11-16(21-12-20-15)19-6-5-17-3-1-7-22(17)8-2-4-17/h11-14H,1-10,18H2,(H,19,20,21). The molecule has 0 amide bonds. The molecule has 1 aliphatic carbocycles. The third-order valence-corrected chi connectivity index (χ3v) is 5.99. The van der Waals surface area contributed by atoms with Gasteiger partial charge in [0.1, 0.15) is 12.1 Å². The molecule has 3 heterocycles. The molecule has 0 spiro atoms. The van der Waals surface area contributed by atoms with Gasteiger partial charge in [0.05, 0.1) is 0 Å². The monoisotopic (exact) mass is 301 g/mol. The molecule has 2 saturated heterocycles. The van der Waals surface area contributed by atoms with E-state index in [0.717, 1.165) is 30.9 Å². The van der Waals surface area contributed by atoms with Crippen LogP contribution in [0.15, 0.2) is 12.4 Å². The Bertz CT molecular complexity index is 516. The second kappa shape index (κ2) is 5.78. The molecule has 0 radical (unpaired) electrons. The maximum absolute atomic E-state index is 5.88. The van der Waals surface area contributed by atoms with Gasteiger partial charge in [0.25, 0.3) is 0 Å². The van der Waals surface area contributed by atoms with Gasteiger partial charge in [-0.15, -0.1) is 0 Å². The summed E-state index contributed by atoms with van der Waals surface area (Å²) >= 11 is 0. The maximum atomic E-state index is 5.88. The molecule has 0 aromatic carbocycles. The molecule has 22 heavy (non-hydrogen) atoms. The molecule has 3 N–H and O–H groups in total. The zero-order valence-electron chi connectivity index (χ0n) is 13.3. The molecule has 0 atom stereocenters. The molecular weight excluding hydrogens is 274 g/mol. The van der Waals surface area contributed by atoms with Crippen molar-refractivity contribution in [1.29, 1.82) is 0 Å². The summed E-state index contributed by atoms with van der Waals surface area (Å²) in [5.41, 5.74) is 7.52. The average molecular weight is 301 g/mol. The van der Waals surface area contributed by atoms with Crippen molar-refractivity contribution < 1.29 is 0 Å². The van der Waals surface area contributed by atoms with Crippen LogP contribution in [0.3, 0.4) is 0 Å². The van der Waals surface area contributed by atoms with Gasteiger partial charge in [-0.3, -0.25) is 4.90 Å². The van der Waals surface area contributed by atoms with Gasteiger partial charge in [0.15, 0.2) is 0 Å². The summed E-state index contributed by atoms with van der Waals surface area (Å²) in [7, 11) is 0. The molecule has 2 aliphatic heterocycles. The van der Waals surface area contributed by atoms with Crippen molar-refractivity contribution in [3.63, 3.8) is 0 Å². The predicted octanol–water partition coefficient (Wildman–Crippen LogP) is 2.11. The summed E-state index contributed by atoms with van der Waals surface area (Å²) in [4.78, 5) is 11.5. The number of anilines is 1. The van der Waals surface area contributed by atoms with Crippen LogP contribution in [-0.2, 0) is 0 Å². The Hall–Kier alpha value is -1.20. The van der Waals surface area contributed by atoms with Crippen LogP contribution >= 0.6 is 0 Å². The Morgan fingerprint density at radius 3 is 2.73 bits per heavy atom. The van der Waals surface area contributed by atoms with Gasteiger partial charge in [0.2, 0.25) is 0 Å². The average Bonchev–Trinajstić information content (AvgIpc) is 3.04. The predicted molar refractivity (Wildman–Crippen MR) is 87.9 cm³/mol. The smallest absolute Gasteiger partial charge is 0.129 e. The lowest BCUT2D eigenvalue weighted by atomic mass is 9.78. The first-order valence-corrected chi connectivity index (χ1v) is 8.82. The summed E-state index contributed by atoms with van der Waals surface area (Å²) in [6.45, 7) is 3.62. The summed E-state index contributed by atoms with van der Waals surface area (Å²) in [6, 6.07) is 2.49. The Morgan fingerprint density at radius 2 is 2.00 bits per heavy atom. The minimum Gasteiger partial charge on any atom is -0.370 e. The Kier molecular flexibility index (Phi) is 3.78. The fourth-order valence-corrected chi connectivity index (χ4v) is 4.65. The number of fused-ring (bicyclic) bond motifs is 1. The third-order valence-electron chi connectivity index (χ3n) is 5.99. The van der Waals surface area contributed by atoms with Crippen LogP contribution in [-0.4, -0.2) is 46.1 Å². The van der Waals surface area contributed by atoms with E-state index in [-0.39, 0.29) is 0 Å². The van der Waals surface area contributed by atoms with E-state index in [1.807, 2.05) is 0 Å². The van der Waals surface area contributed by atoms with Crippen molar-refractivity contribution in [2.24, 2.45) is 5.73 Å². The van der Waals surface area contributed by atoms with Crippen molar-refractivity contribution in [3.8, 4) is 0 Å². The number of hydrogen-bond donors (Lipinski definition) is 2. The quantitative estimate of drug-likeness (QED) is 0.872. The van der Waals surface area contributed by atoms with Crippen LogP contribution in [0, 0.1) is 0 Å². The number of hydrogen-bond acceptors (Lipinski definition) is 5. The van der Waals surface area contributed by atoms with Crippen molar-refractivity contribution in [2.75, 3.05) is 25.0 Å².